The Morgan fingerprint density at radius 2 is 1.93 bits per heavy atom. The molecule has 3 N–H and O–H groups in total. The van der Waals surface area contributed by atoms with Crippen LogP contribution in [0.3, 0.4) is 0 Å². The van der Waals surface area contributed by atoms with Crippen LogP contribution in [0.4, 0.5) is 11.4 Å². The van der Waals surface area contributed by atoms with E-state index in [1.54, 1.807) is 36.5 Å². The molecule has 202 valence electrons. The molecule has 6 rings (SSSR count). The number of hydrogen-bond acceptors (Lipinski definition) is 7. The fourth-order valence-corrected chi connectivity index (χ4v) is 5.29. The number of anilines is 2. The quantitative estimate of drug-likeness (QED) is 0.338. The fourth-order valence-electron chi connectivity index (χ4n) is 5.29. The second kappa shape index (κ2) is 10.4. The van der Waals surface area contributed by atoms with Gasteiger partial charge in [-0.05, 0) is 41.3 Å². The van der Waals surface area contributed by atoms with Crippen molar-refractivity contribution in [2.45, 2.75) is 19.4 Å². The van der Waals surface area contributed by atoms with Gasteiger partial charge in [-0.2, -0.15) is 0 Å². The number of nitrogens with two attached hydrogens (primary N) is 1. The number of primary amides is 1. The summed E-state index contributed by atoms with van der Waals surface area (Å²) in [5.74, 6) is -0.570. The zero-order valence-corrected chi connectivity index (χ0v) is 22.3. The Kier molecular flexibility index (Phi) is 6.61. The number of rotatable bonds is 6. The van der Waals surface area contributed by atoms with Crippen LogP contribution in [0.5, 0.6) is 0 Å². The number of pyridine rings is 1. The molecule has 3 aromatic heterocycles. The molecule has 0 saturated carbocycles. The average molecular weight is 536 g/mol. The normalized spacial score (nSPS) is 15.4. The summed E-state index contributed by atoms with van der Waals surface area (Å²) in [7, 11) is 2.02. The van der Waals surface area contributed by atoms with Gasteiger partial charge >= 0.3 is 0 Å². The van der Waals surface area contributed by atoms with Crippen LogP contribution in [0.1, 0.15) is 23.0 Å². The maximum Gasteiger partial charge on any atom is 0.250 e. The first-order valence-corrected chi connectivity index (χ1v) is 13.1. The van der Waals surface area contributed by atoms with Crippen LogP contribution in [-0.2, 0) is 23.0 Å². The number of hydrogen-bond donors (Lipinski definition) is 2. The molecule has 0 bridgehead atoms. The molecule has 1 aliphatic heterocycles. The van der Waals surface area contributed by atoms with Gasteiger partial charge in [-0.15, -0.1) is 0 Å². The Labute approximate surface area is 230 Å². The van der Waals surface area contributed by atoms with Crippen molar-refractivity contribution in [3.63, 3.8) is 0 Å². The lowest BCUT2D eigenvalue weighted by molar-refractivity contribution is -0.136. The molecule has 0 aliphatic carbocycles. The number of aryl methyl sites for hydroxylation is 1. The van der Waals surface area contributed by atoms with E-state index in [0.717, 1.165) is 27.5 Å². The number of nitrogens with one attached hydrogen (secondary N) is 1. The number of carbonyl (C=O) groups is 2. The van der Waals surface area contributed by atoms with E-state index in [0.29, 0.717) is 54.3 Å². The summed E-state index contributed by atoms with van der Waals surface area (Å²) < 4.78 is 8.02. The number of carbonyl (C=O) groups excluding carboxylic acids is 2. The van der Waals surface area contributed by atoms with Gasteiger partial charge in [-0.3, -0.25) is 24.5 Å². The second-order valence-corrected chi connectivity index (χ2v) is 9.98. The number of fused-ring (bicyclic) bond motifs is 2. The van der Waals surface area contributed by atoms with Crippen LogP contribution in [0.25, 0.3) is 33.1 Å². The van der Waals surface area contributed by atoms with Crippen molar-refractivity contribution >= 4 is 45.1 Å². The molecular formula is C30H29N7O3. The topological polar surface area (TPSA) is 128 Å². The largest absolute Gasteiger partial charge is 0.374 e. The van der Waals surface area contributed by atoms with Crippen molar-refractivity contribution in [1.82, 2.24) is 24.4 Å². The van der Waals surface area contributed by atoms with Crippen LogP contribution in [0.2, 0.25) is 0 Å². The molecule has 1 fully saturated rings. The summed E-state index contributed by atoms with van der Waals surface area (Å²) >= 11 is 0. The van der Waals surface area contributed by atoms with Gasteiger partial charge in [0.1, 0.15) is 0 Å². The SMILES string of the molecule is CC(=O)N1CCOC(Cc2nccc(C(N)=O)c2Nc2cc(-c3ccc4ccn(C)c4c3)c3nccnc3c2)C1. The lowest BCUT2D eigenvalue weighted by Gasteiger charge is -2.32. The van der Waals surface area contributed by atoms with Crippen molar-refractivity contribution < 1.29 is 14.3 Å². The lowest BCUT2D eigenvalue weighted by atomic mass is 10.0. The highest BCUT2D eigenvalue weighted by Gasteiger charge is 2.25. The van der Waals surface area contributed by atoms with E-state index in [1.807, 2.05) is 25.4 Å². The number of amides is 2. The maximum atomic E-state index is 12.5. The zero-order chi connectivity index (χ0) is 27.8. The molecule has 40 heavy (non-hydrogen) atoms. The molecule has 0 radical (unpaired) electrons. The van der Waals surface area contributed by atoms with E-state index in [1.165, 1.54) is 0 Å². The molecule has 10 nitrogen and oxygen atoms in total. The molecule has 10 heteroatoms. The van der Waals surface area contributed by atoms with Crippen LogP contribution >= 0.6 is 0 Å². The van der Waals surface area contributed by atoms with E-state index in [2.05, 4.69) is 49.1 Å². The maximum absolute atomic E-state index is 12.5. The summed E-state index contributed by atoms with van der Waals surface area (Å²) in [6.45, 7) is 3.01. The van der Waals surface area contributed by atoms with Crippen LogP contribution in [0.15, 0.2) is 67.3 Å². The van der Waals surface area contributed by atoms with Crippen molar-refractivity contribution in [3.8, 4) is 11.1 Å². The third kappa shape index (κ3) is 4.85. The lowest BCUT2D eigenvalue weighted by Crippen LogP contribution is -2.45. The number of morpholine rings is 1. The molecule has 1 atom stereocenters. The van der Waals surface area contributed by atoms with E-state index in [-0.39, 0.29) is 12.0 Å². The number of aromatic nitrogens is 4. The van der Waals surface area contributed by atoms with Crippen LogP contribution in [-0.4, -0.2) is 62.0 Å². The highest BCUT2D eigenvalue weighted by atomic mass is 16.5. The van der Waals surface area contributed by atoms with Gasteiger partial charge in [0, 0.05) is 75.0 Å². The van der Waals surface area contributed by atoms with Crippen molar-refractivity contribution in [3.05, 3.63) is 78.5 Å². The van der Waals surface area contributed by atoms with Gasteiger partial charge < -0.3 is 25.3 Å². The Morgan fingerprint density at radius 1 is 1.07 bits per heavy atom. The minimum atomic E-state index is -0.573. The summed E-state index contributed by atoms with van der Waals surface area (Å²) in [4.78, 5) is 40.0. The van der Waals surface area contributed by atoms with E-state index >= 15 is 0 Å². The van der Waals surface area contributed by atoms with Crippen LogP contribution < -0.4 is 11.1 Å². The van der Waals surface area contributed by atoms with Gasteiger partial charge in [-0.25, -0.2) is 0 Å². The van der Waals surface area contributed by atoms with E-state index < -0.39 is 5.91 Å². The molecule has 1 unspecified atom stereocenters. The minimum absolute atomic E-state index is 0.00354. The van der Waals surface area contributed by atoms with Crippen molar-refractivity contribution in [1.29, 1.82) is 0 Å². The highest BCUT2D eigenvalue weighted by Crippen LogP contribution is 2.34. The third-order valence-electron chi connectivity index (χ3n) is 7.34. The average Bonchev–Trinajstić information content (AvgIpc) is 3.33. The third-order valence-corrected chi connectivity index (χ3v) is 7.34. The van der Waals surface area contributed by atoms with Crippen LogP contribution in [0, 0.1) is 0 Å². The Hall–Kier alpha value is -4.83. The predicted molar refractivity (Wildman–Crippen MR) is 153 cm³/mol. The number of ether oxygens (including phenoxy) is 1. The Balaban J connectivity index is 1.42. The number of benzene rings is 2. The standard InChI is InChI=1S/C30H29N7O3/c1-18(38)37-11-12-40-22(17-37)16-26-29(23(30(31)39)5-7-32-26)35-21-14-24(28-25(15-21)33-8-9-34-28)20-4-3-19-6-10-36(2)27(19)13-20/h3-10,13-15,22,35H,11-12,16-17H2,1-2H3,(H2,31,39). The molecule has 2 amide bonds. The first-order valence-electron chi connectivity index (χ1n) is 13.1. The molecule has 0 spiro atoms. The smallest absolute Gasteiger partial charge is 0.250 e. The van der Waals surface area contributed by atoms with Gasteiger partial charge in [0.05, 0.1) is 40.7 Å². The molecule has 2 aromatic carbocycles. The summed E-state index contributed by atoms with van der Waals surface area (Å²) in [5.41, 5.74) is 12.4. The summed E-state index contributed by atoms with van der Waals surface area (Å²) in [5, 5.41) is 4.57. The molecule has 1 aliphatic rings. The molecule has 5 aromatic rings. The van der Waals surface area contributed by atoms with E-state index in [9.17, 15) is 9.59 Å². The van der Waals surface area contributed by atoms with Gasteiger partial charge in [0.2, 0.25) is 5.91 Å². The second-order valence-electron chi connectivity index (χ2n) is 9.98. The first-order chi connectivity index (χ1) is 19.4. The van der Waals surface area contributed by atoms with Crippen molar-refractivity contribution in [2.75, 3.05) is 25.0 Å². The highest BCUT2D eigenvalue weighted by molar-refractivity contribution is 6.01. The fraction of sp³-hybridized carbons (Fsp3) is 0.233. The Bertz CT molecular complexity index is 1760. The molecular weight excluding hydrogens is 506 g/mol. The zero-order valence-electron chi connectivity index (χ0n) is 22.3. The first kappa shape index (κ1) is 25.4. The van der Waals surface area contributed by atoms with Crippen molar-refractivity contribution in [2.24, 2.45) is 12.8 Å². The van der Waals surface area contributed by atoms with E-state index in [4.69, 9.17) is 10.5 Å². The molecule has 4 heterocycles. The van der Waals surface area contributed by atoms with Gasteiger partial charge in [0.15, 0.2) is 0 Å². The van der Waals surface area contributed by atoms with Gasteiger partial charge in [0.25, 0.3) is 5.91 Å². The van der Waals surface area contributed by atoms with Gasteiger partial charge in [-0.1, -0.05) is 12.1 Å². The monoisotopic (exact) mass is 535 g/mol. The Morgan fingerprint density at radius 3 is 2.75 bits per heavy atom. The molecule has 1 saturated heterocycles. The summed E-state index contributed by atoms with van der Waals surface area (Å²) in [6.07, 6.45) is 7.08. The number of nitrogens with zero attached hydrogens (tertiary/aromatic N) is 5. The minimum Gasteiger partial charge on any atom is -0.374 e. The predicted octanol–water partition coefficient (Wildman–Crippen LogP) is 3.82. The summed E-state index contributed by atoms with van der Waals surface area (Å²) in [6, 6.07) is 13.9.